The van der Waals surface area contributed by atoms with Gasteiger partial charge in [0.25, 0.3) is 0 Å². The van der Waals surface area contributed by atoms with Crippen LogP contribution < -0.4 is 9.64 Å². The SMILES string of the molecule is COc1ccc(N2CCC(N(C)CC(=O)O)C2)cc1. The highest BCUT2D eigenvalue weighted by Gasteiger charge is 2.26. The number of carboxylic acid groups (broad SMARTS) is 1. The van der Waals surface area contributed by atoms with Gasteiger partial charge in [-0.3, -0.25) is 9.69 Å². The predicted molar refractivity (Wildman–Crippen MR) is 73.9 cm³/mol. The van der Waals surface area contributed by atoms with Crippen LogP contribution in [0.2, 0.25) is 0 Å². The van der Waals surface area contributed by atoms with Gasteiger partial charge in [-0.1, -0.05) is 0 Å². The van der Waals surface area contributed by atoms with Crippen molar-refractivity contribution in [1.29, 1.82) is 0 Å². The van der Waals surface area contributed by atoms with Crippen molar-refractivity contribution in [2.45, 2.75) is 12.5 Å². The fourth-order valence-electron chi connectivity index (χ4n) is 2.47. The second kappa shape index (κ2) is 5.93. The quantitative estimate of drug-likeness (QED) is 0.868. The van der Waals surface area contributed by atoms with Gasteiger partial charge in [0.05, 0.1) is 13.7 Å². The summed E-state index contributed by atoms with van der Waals surface area (Å²) in [6, 6.07) is 8.28. The van der Waals surface area contributed by atoms with Gasteiger partial charge in [-0.15, -0.1) is 0 Å². The molecular formula is C14H20N2O3. The molecule has 1 heterocycles. The van der Waals surface area contributed by atoms with Gasteiger partial charge < -0.3 is 14.7 Å². The summed E-state index contributed by atoms with van der Waals surface area (Å²) in [4.78, 5) is 14.9. The van der Waals surface area contributed by atoms with E-state index in [0.717, 1.165) is 30.9 Å². The lowest BCUT2D eigenvalue weighted by Crippen LogP contribution is -2.37. The summed E-state index contributed by atoms with van der Waals surface area (Å²) in [5, 5.41) is 8.82. The van der Waals surface area contributed by atoms with Crippen molar-refractivity contribution in [3.05, 3.63) is 24.3 Å². The van der Waals surface area contributed by atoms with E-state index in [2.05, 4.69) is 4.90 Å². The zero-order valence-electron chi connectivity index (χ0n) is 11.4. The van der Waals surface area contributed by atoms with Crippen molar-refractivity contribution in [1.82, 2.24) is 4.90 Å². The number of carbonyl (C=O) groups is 1. The molecule has 2 rings (SSSR count). The van der Waals surface area contributed by atoms with Crippen LogP contribution in [0.4, 0.5) is 5.69 Å². The molecule has 104 valence electrons. The lowest BCUT2D eigenvalue weighted by Gasteiger charge is -2.23. The number of aliphatic carboxylic acids is 1. The van der Waals surface area contributed by atoms with Crippen LogP contribution in [0.1, 0.15) is 6.42 Å². The van der Waals surface area contributed by atoms with Gasteiger partial charge in [0.1, 0.15) is 5.75 Å². The third kappa shape index (κ3) is 3.38. The van der Waals surface area contributed by atoms with E-state index in [0.29, 0.717) is 6.04 Å². The summed E-state index contributed by atoms with van der Waals surface area (Å²) < 4.78 is 5.14. The molecule has 19 heavy (non-hydrogen) atoms. The fourth-order valence-corrected chi connectivity index (χ4v) is 2.47. The topological polar surface area (TPSA) is 53.0 Å². The van der Waals surface area contributed by atoms with E-state index in [1.165, 1.54) is 0 Å². The van der Waals surface area contributed by atoms with Crippen LogP contribution in [0.5, 0.6) is 5.75 Å². The van der Waals surface area contributed by atoms with Gasteiger partial charge in [0.15, 0.2) is 0 Å². The van der Waals surface area contributed by atoms with Gasteiger partial charge in [-0.05, 0) is 37.7 Å². The number of carboxylic acids is 1. The number of nitrogens with zero attached hydrogens (tertiary/aromatic N) is 2. The maximum absolute atomic E-state index is 10.7. The first-order valence-electron chi connectivity index (χ1n) is 6.41. The average molecular weight is 264 g/mol. The van der Waals surface area contributed by atoms with Crippen molar-refractivity contribution < 1.29 is 14.6 Å². The molecule has 5 heteroatoms. The monoisotopic (exact) mass is 264 g/mol. The van der Waals surface area contributed by atoms with Crippen LogP contribution in [-0.2, 0) is 4.79 Å². The second-order valence-corrected chi connectivity index (χ2v) is 4.90. The van der Waals surface area contributed by atoms with E-state index in [1.807, 2.05) is 36.2 Å². The second-order valence-electron chi connectivity index (χ2n) is 4.90. The maximum Gasteiger partial charge on any atom is 0.317 e. The van der Waals surface area contributed by atoms with E-state index < -0.39 is 5.97 Å². The Bertz CT molecular complexity index is 433. The van der Waals surface area contributed by atoms with Crippen molar-refractivity contribution in [3.8, 4) is 5.75 Å². The van der Waals surface area contributed by atoms with E-state index in [9.17, 15) is 4.79 Å². The van der Waals surface area contributed by atoms with Gasteiger partial charge >= 0.3 is 5.97 Å². The summed E-state index contributed by atoms with van der Waals surface area (Å²) in [6.45, 7) is 1.93. The van der Waals surface area contributed by atoms with Crippen LogP contribution in [0, 0.1) is 0 Å². The molecule has 0 aromatic heterocycles. The minimum atomic E-state index is -0.773. The third-order valence-corrected chi connectivity index (χ3v) is 3.61. The molecule has 1 fully saturated rings. The number of rotatable bonds is 5. The number of hydrogen-bond donors (Lipinski definition) is 1. The molecule has 1 saturated heterocycles. The molecule has 0 saturated carbocycles. The van der Waals surface area contributed by atoms with Crippen LogP contribution >= 0.6 is 0 Å². The van der Waals surface area contributed by atoms with E-state index in [1.54, 1.807) is 7.11 Å². The fraction of sp³-hybridized carbons (Fsp3) is 0.500. The van der Waals surface area contributed by atoms with Crippen LogP contribution in [-0.4, -0.2) is 55.8 Å². The molecule has 1 N–H and O–H groups in total. The van der Waals surface area contributed by atoms with Crippen molar-refractivity contribution in [2.24, 2.45) is 0 Å². The lowest BCUT2D eigenvalue weighted by molar-refractivity contribution is -0.138. The molecule has 0 bridgehead atoms. The van der Waals surface area contributed by atoms with Gasteiger partial charge in [-0.2, -0.15) is 0 Å². The summed E-state index contributed by atoms with van der Waals surface area (Å²) in [5.41, 5.74) is 1.16. The highest BCUT2D eigenvalue weighted by Crippen LogP contribution is 2.24. The molecule has 0 spiro atoms. The summed E-state index contributed by atoms with van der Waals surface area (Å²) in [7, 11) is 3.53. The Morgan fingerprint density at radius 1 is 1.47 bits per heavy atom. The Morgan fingerprint density at radius 2 is 2.16 bits per heavy atom. The highest BCUT2D eigenvalue weighted by molar-refractivity contribution is 5.69. The molecule has 1 aliphatic rings. The summed E-state index contributed by atoms with van der Waals surface area (Å²) >= 11 is 0. The van der Waals surface area contributed by atoms with Crippen LogP contribution in [0.15, 0.2) is 24.3 Å². The van der Waals surface area contributed by atoms with Gasteiger partial charge in [-0.25, -0.2) is 0 Å². The Hall–Kier alpha value is -1.75. The Kier molecular flexibility index (Phi) is 4.27. The number of hydrogen-bond acceptors (Lipinski definition) is 4. The van der Waals surface area contributed by atoms with Crippen LogP contribution in [0.25, 0.3) is 0 Å². The smallest absolute Gasteiger partial charge is 0.317 e. The third-order valence-electron chi connectivity index (χ3n) is 3.61. The molecule has 1 unspecified atom stereocenters. The summed E-state index contributed by atoms with van der Waals surface area (Å²) in [5.74, 6) is 0.0767. The Labute approximate surface area is 113 Å². The maximum atomic E-state index is 10.7. The standard InChI is InChI=1S/C14H20N2O3/c1-15(10-14(17)18)12-7-8-16(9-12)11-3-5-13(19-2)6-4-11/h3-6,12H,7-10H2,1-2H3,(H,17,18). The number of ether oxygens (including phenoxy) is 1. The van der Waals surface area contributed by atoms with Crippen LogP contribution in [0.3, 0.4) is 0 Å². The van der Waals surface area contributed by atoms with E-state index >= 15 is 0 Å². The molecule has 5 nitrogen and oxygen atoms in total. The first kappa shape index (κ1) is 13.7. The normalized spacial score (nSPS) is 18.9. The largest absolute Gasteiger partial charge is 0.497 e. The predicted octanol–water partition coefficient (Wildman–Crippen LogP) is 1.29. The molecule has 1 aromatic rings. The number of benzene rings is 1. The van der Waals surface area contributed by atoms with Crippen molar-refractivity contribution >= 4 is 11.7 Å². The highest BCUT2D eigenvalue weighted by atomic mass is 16.5. The zero-order chi connectivity index (χ0) is 13.8. The van der Waals surface area contributed by atoms with Crippen molar-refractivity contribution in [3.63, 3.8) is 0 Å². The molecule has 0 radical (unpaired) electrons. The van der Waals surface area contributed by atoms with Gasteiger partial charge in [0.2, 0.25) is 0 Å². The zero-order valence-corrected chi connectivity index (χ0v) is 11.4. The molecule has 1 atom stereocenters. The number of likely N-dealkylation sites (N-methyl/N-ethyl adjacent to an activating group) is 1. The van der Waals surface area contributed by atoms with Gasteiger partial charge in [0, 0.05) is 24.8 Å². The molecule has 0 aliphatic carbocycles. The first-order chi connectivity index (χ1) is 9.10. The minimum Gasteiger partial charge on any atom is -0.497 e. The molecule has 1 aliphatic heterocycles. The summed E-state index contributed by atoms with van der Waals surface area (Å²) in [6.07, 6.45) is 0.996. The molecular weight excluding hydrogens is 244 g/mol. The minimum absolute atomic E-state index is 0.0983. The Morgan fingerprint density at radius 3 is 2.74 bits per heavy atom. The number of anilines is 1. The van der Waals surface area contributed by atoms with Crippen molar-refractivity contribution in [2.75, 3.05) is 38.7 Å². The van der Waals surface area contributed by atoms with E-state index in [-0.39, 0.29) is 6.54 Å². The van der Waals surface area contributed by atoms with E-state index in [4.69, 9.17) is 9.84 Å². The lowest BCUT2D eigenvalue weighted by atomic mass is 10.2. The Balaban J connectivity index is 1.95. The number of methoxy groups -OCH3 is 1. The average Bonchev–Trinajstić information content (AvgIpc) is 2.88. The first-order valence-corrected chi connectivity index (χ1v) is 6.41. The molecule has 1 aromatic carbocycles. The molecule has 0 amide bonds.